The summed E-state index contributed by atoms with van der Waals surface area (Å²) in [6, 6.07) is 12.0. The standard InChI is InChI=1S/C20H17ClN4O4S2/c1-2-29-19(26)10-15-12-30-20(23-15)24-22-11-13-3-8-18(17(9-13)25(27)28)31-16-6-4-14(21)5-7-16/h3-9,11-12H,2,10H2,1H3,(H,23,24). The fourth-order valence-electron chi connectivity index (χ4n) is 2.43. The van der Waals surface area contributed by atoms with Gasteiger partial charge in [0.25, 0.3) is 5.69 Å². The maximum atomic E-state index is 11.5. The second-order valence-corrected chi connectivity index (χ2v) is 8.45. The number of anilines is 1. The largest absolute Gasteiger partial charge is 0.466 e. The average Bonchev–Trinajstić information content (AvgIpc) is 3.17. The van der Waals surface area contributed by atoms with Crippen LogP contribution in [-0.4, -0.2) is 28.7 Å². The van der Waals surface area contributed by atoms with Crippen molar-refractivity contribution in [2.45, 2.75) is 23.1 Å². The summed E-state index contributed by atoms with van der Waals surface area (Å²) in [6.07, 6.45) is 1.56. The smallest absolute Gasteiger partial charge is 0.311 e. The number of hydrogen-bond donors (Lipinski definition) is 1. The first kappa shape index (κ1) is 22.7. The van der Waals surface area contributed by atoms with Crippen LogP contribution >= 0.6 is 34.7 Å². The molecule has 0 unspecified atom stereocenters. The molecule has 0 bridgehead atoms. The number of carbonyl (C=O) groups excluding carboxylic acids is 1. The predicted molar refractivity (Wildman–Crippen MR) is 122 cm³/mol. The third kappa shape index (κ3) is 6.78. The molecule has 1 N–H and O–H groups in total. The van der Waals surface area contributed by atoms with Crippen LogP contribution in [0.25, 0.3) is 0 Å². The van der Waals surface area contributed by atoms with Crippen LogP contribution in [0.3, 0.4) is 0 Å². The molecule has 160 valence electrons. The monoisotopic (exact) mass is 476 g/mol. The molecule has 0 radical (unpaired) electrons. The van der Waals surface area contributed by atoms with E-state index in [1.54, 1.807) is 48.7 Å². The summed E-state index contributed by atoms with van der Waals surface area (Å²) in [5.74, 6) is -0.341. The van der Waals surface area contributed by atoms with E-state index in [9.17, 15) is 14.9 Å². The van der Waals surface area contributed by atoms with Gasteiger partial charge in [-0.05, 0) is 37.3 Å². The number of hydrogen-bond acceptors (Lipinski definition) is 9. The lowest BCUT2D eigenvalue weighted by Gasteiger charge is -2.04. The summed E-state index contributed by atoms with van der Waals surface area (Å²) in [5, 5.41) is 18.4. The lowest BCUT2D eigenvalue weighted by molar-refractivity contribution is -0.387. The van der Waals surface area contributed by atoms with Crippen molar-refractivity contribution in [3.8, 4) is 0 Å². The summed E-state index contributed by atoms with van der Waals surface area (Å²) < 4.78 is 4.89. The number of thiazole rings is 1. The van der Waals surface area contributed by atoms with Crippen LogP contribution in [-0.2, 0) is 16.0 Å². The van der Waals surface area contributed by atoms with Crippen molar-refractivity contribution in [3.63, 3.8) is 0 Å². The highest BCUT2D eigenvalue weighted by Gasteiger charge is 2.15. The van der Waals surface area contributed by atoms with E-state index in [1.807, 2.05) is 0 Å². The van der Waals surface area contributed by atoms with Crippen molar-refractivity contribution in [2.75, 3.05) is 12.0 Å². The van der Waals surface area contributed by atoms with Gasteiger partial charge in [-0.2, -0.15) is 5.10 Å². The number of nitro benzene ring substituents is 1. The number of aromatic nitrogens is 1. The number of nitrogens with one attached hydrogen (secondary N) is 1. The van der Waals surface area contributed by atoms with E-state index >= 15 is 0 Å². The first-order chi connectivity index (χ1) is 14.9. The van der Waals surface area contributed by atoms with Crippen molar-refractivity contribution < 1.29 is 14.5 Å². The average molecular weight is 477 g/mol. The molecule has 0 saturated carbocycles. The van der Waals surface area contributed by atoms with Gasteiger partial charge in [0.2, 0.25) is 5.13 Å². The summed E-state index contributed by atoms with van der Waals surface area (Å²) in [4.78, 5) is 28.2. The Bertz CT molecular complexity index is 1100. The maximum absolute atomic E-state index is 11.5. The van der Waals surface area contributed by atoms with E-state index in [-0.39, 0.29) is 18.1 Å². The molecular weight excluding hydrogens is 460 g/mol. The second kappa shape index (κ2) is 10.9. The molecule has 2 aromatic carbocycles. The molecule has 0 atom stereocenters. The molecular formula is C20H17ClN4O4S2. The summed E-state index contributed by atoms with van der Waals surface area (Å²) in [7, 11) is 0. The number of benzene rings is 2. The summed E-state index contributed by atoms with van der Waals surface area (Å²) in [5.41, 5.74) is 3.89. The Balaban J connectivity index is 1.66. The zero-order valence-electron chi connectivity index (χ0n) is 16.3. The zero-order chi connectivity index (χ0) is 22.2. The SMILES string of the molecule is CCOC(=O)Cc1csc(NN=Cc2ccc(Sc3ccc(Cl)cc3)c([N+](=O)[O-])c2)n1. The number of esters is 1. The van der Waals surface area contributed by atoms with Crippen LogP contribution in [0.5, 0.6) is 0 Å². The fraction of sp³-hybridized carbons (Fsp3) is 0.150. The van der Waals surface area contributed by atoms with Crippen molar-refractivity contribution in [1.82, 2.24) is 4.98 Å². The maximum Gasteiger partial charge on any atom is 0.311 e. The Kier molecular flexibility index (Phi) is 7.99. The van der Waals surface area contributed by atoms with Crippen molar-refractivity contribution >= 4 is 57.7 Å². The van der Waals surface area contributed by atoms with Gasteiger partial charge in [0, 0.05) is 26.9 Å². The fourth-order valence-corrected chi connectivity index (χ4v) is 4.12. The molecule has 0 aliphatic heterocycles. The number of ether oxygens (including phenoxy) is 1. The Morgan fingerprint density at radius 1 is 1.35 bits per heavy atom. The Hall–Kier alpha value is -2.95. The van der Waals surface area contributed by atoms with Crippen LogP contribution in [0.2, 0.25) is 5.02 Å². The van der Waals surface area contributed by atoms with E-state index in [0.29, 0.717) is 32.9 Å². The molecule has 0 aliphatic rings. The van der Waals surface area contributed by atoms with E-state index in [2.05, 4.69) is 15.5 Å². The highest BCUT2D eigenvalue weighted by atomic mass is 35.5. The zero-order valence-corrected chi connectivity index (χ0v) is 18.7. The van der Waals surface area contributed by atoms with Crippen LogP contribution in [0.4, 0.5) is 10.8 Å². The number of rotatable bonds is 9. The molecule has 11 heteroatoms. The van der Waals surface area contributed by atoms with Gasteiger partial charge in [-0.15, -0.1) is 11.3 Å². The van der Waals surface area contributed by atoms with Crippen LogP contribution in [0, 0.1) is 10.1 Å². The van der Waals surface area contributed by atoms with Gasteiger partial charge in [0.1, 0.15) is 0 Å². The predicted octanol–water partition coefficient (Wildman–Crippen LogP) is 5.41. The van der Waals surface area contributed by atoms with Crippen molar-refractivity contribution in [1.29, 1.82) is 0 Å². The molecule has 0 saturated heterocycles. The first-order valence-electron chi connectivity index (χ1n) is 9.05. The molecule has 0 spiro atoms. The summed E-state index contributed by atoms with van der Waals surface area (Å²) >= 11 is 8.46. The molecule has 31 heavy (non-hydrogen) atoms. The minimum absolute atomic E-state index is 0.0186. The van der Waals surface area contributed by atoms with E-state index in [4.69, 9.17) is 16.3 Å². The van der Waals surface area contributed by atoms with Crippen LogP contribution < -0.4 is 5.43 Å². The number of nitro groups is 1. The molecule has 0 fully saturated rings. The van der Waals surface area contributed by atoms with Gasteiger partial charge in [0.05, 0.1) is 34.8 Å². The number of halogens is 1. The minimum atomic E-state index is -0.425. The highest BCUT2D eigenvalue weighted by Crippen LogP contribution is 2.35. The molecule has 1 aromatic heterocycles. The minimum Gasteiger partial charge on any atom is -0.466 e. The number of carbonyl (C=O) groups is 1. The second-order valence-electron chi connectivity index (χ2n) is 6.04. The van der Waals surface area contributed by atoms with Crippen LogP contribution in [0.1, 0.15) is 18.2 Å². The van der Waals surface area contributed by atoms with Gasteiger partial charge in [-0.3, -0.25) is 20.3 Å². The molecule has 8 nitrogen and oxygen atoms in total. The van der Waals surface area contributed by atoms with Gasteiger partial charge in [-0.1, -0.05) is 29.4 Å². The van der Waals surface area contributed by atoms with E-state index < -0.39 is 4.92 Å². The van der Waals surface area contributed by atoms with E-state index in [0.717, 1.165) is 4.90 Å². The third-order valence-electron chi connectivity index (χ3n) is 3.78. The molecule has 1 heterocycles. The Morgan fingerprint density at radius 3 is 2.84 bits per heavy atom. The first-order valence-corrected chi connectivity index (χ1v) is 11.1. The van der Waals surface area contributed by atoms with Gasteiger partial charge in [-0.25, -0.2) is 4.98 Å². The Morgan fingerprint density at radius 2 is 2.13 bits per heavy atom. The molecule has 0 amide bonds. The lowest BCUT2D eigenvalue weighted by Crippen LogP contribution is -2.07. The Labute approximate surface area is 191 Å². The van der Waals surface area contributed by atoms with Gasteiger partial charge >= 0.3 is 5.97 Å². The lowest BCUT2D eigenvalue weighted by atomic mass is 10.2. The van der Waals surface area contributed by atoms with Crippen molar-refractivity contribution in [3.05, 3.63) is 74.2 Å². The molecule has 3 rings (SSSR count). The van der Waals surface area contributed by atoms with Crippen molar-refractivity contribution in [2.24, 2.45) is 5.10 Å². The topological polar surface area (TPSA) is 107 Å². The van der Waals surface area contributed by atoms with E-state index in [1.165, 1.54) is 35.4 Å². The summed E-state index contributed by atoms with van der Waals surface area (Å²) in [6.45, 7) is 2.06. The van der Waals surface area contributed by atoms with Gasteiger partial charge < -0.3 is 4.74 Å². The van der Waals surface area contributed by atoms with Gasteiger partial charge in [0.15, 0.2) is 0 Å². The number of nitrogens with zero attached hydrogens (tertiary/aromatic N) is 3. The number of hydrazone groups is 1. The highest BCUT2D eigenvalue weighted by molar-refractivity contribution is 7.99. The van der Waals surface area contributed by atoms with Crippen LogP contribution in [0.15, 0.2) is 62.7 Å². The molecule has 3 aromatic rings. The third-order valence-corrected chi connectivity index (χ3v) is 5.90. The normalized spacial score (nSPS) is 10.9. The molecule has 0 aliphatic carbocycles. The quantitative estimate of drug-likeness (QED) is 0.190.